The van der Waals surface area contributed by atoms with Crippen LogP contribution in [0, 0.1) is 17.0 Å². The molecule has 0 radical (unpaired) electrons. The molecule has 0 saturated heterocycles. The molecule has 2 N–H and O–H groups in total. The molecule has 1 aromatic heterocycles. The first-order valence-electron chi connectivity index (χ1n) is 6.18. The minimum absolute atomic E-state index is 0.0979. The third-order valence-electron chi connectivity index (χ3n) is 2.93. The Morgan fingerprint density at radius 1 is 1.52 bits per heavy atom. The number of aromatic nitrogens is 1. The van der Waals surface area contributed by atoms with Crippen LogP contribution >= 0.6 is 0 Å². The lowest BCUT2D eigenvalue weighted by molar-refractivity contribution is -0.385. The number of nitro groups is 1. The lowest BCUT2D eigenvalue weighted by Crippen LogP contribution is -2.13. The average Bonchev–Trinajstić information content (AvgIpc) is 2.79. The number of carbonyl (C=O) groups is 1. The molecular weight excluding hydrogens is 278 g/mol. The van der Waals surface area contributed by atoms with Gasteiger partial charge in [0.1, 0.15) is 11.4 Å². The van der Waals surface area contributed by atoms with Crippen molar-refractivity contribution in [2.75, 3.05) is 5.32 Å². The number of phenolic OH excluding ortho intramolecular Hbond substituents is 1. The Hall–Kier alpha value is -2.90. The summed E-state index contributed by atoms with van der Waals surface area (Å²) in [7, 11) is 0. The summed E-state index contributed by atoms with van der Waals surface area (Å²) >= 11 is 0. The van der Waals surface area contributed by atoms with Gasteiger partial charge >= 0.3 is 5.69 Å². The molecule has 1 heterocycles. The maximum absolute atomic E-state index is 12.1. The molecule has 8 nitrogen and oxygen atoms in total. The van der Waals surface area contributed by atoms with E-state index in [0.29, 0.717) is 23.6 Å². The van der Waals surface area contributed by atoms with Crippen molar-refractivity contribution < 1.29 is 19.3 Å². The number of aromatic hydroxyl groups is 1. The van der Waals surface area contributed by atoms with Gasteiger partial charge in [0.05, 0.1) is 4.92 Å². The topological polar surface area (TPSA) is 119 Å². The number of nitrogens with one attached hydrogen (secondary N) is 1. The number of phenols is 1. The smallest absolute Gasteiger partial charge is 0.310 e. The second-order valence-corrected chi connectivity index (χ2v) is 4.33. The standard InChI is InChI=1S/C13H13N3O5/c1-3-11-12(7(2)15-21-11)14-13(18)8-4-5-9(16(19)20)10(17)6-8/h4-6,17H,3H2,1-2H3,(H,14,18). The molecule has 0 unspecified atom stereocenters. The molecule has 0 aliphatic heterocycles. The van der Waals surface area contributed by atoms with E-state index in [4.69, 9.17) is 4.52 Å². The van der Waals surface area contributed by atoms with E-state index < -0.39 is 22.3 Å². The van der Waals surface area contributed by atoms with Crippen LogP contribution in [0.25, 0.3) is 0 Å². The Bertz CT molecular complexity index is 708. The number of carbonyl (C=O) groups excluding carboxylic acids is 1. The van der Waals surface area contributed by atoms with Gasteiger partial charge in [-0.15, -0.1) is 0 Å². The summed E-state index contributed by atoms with van der Waals surface area (Å²) in [6, 6.07) is 3.38. The Morgan fingerprint density at radius 2 is 2.24 bits per heavy atom. The summed E-state index contributed by atoms with van der Waals surface area (Å²) in [6.45, 7) is 3.54. The predicted molar refractivity (Wildman–Crippen MR) is 73.3 cm³/mol. The van der Waals surface area contributed by atoms with Gasteiger partial charge in [-0.1, -0.05) is 12.1 Å². The molecule has 21 heavy (non-hydrogen) atoms. The zero-order valence-electron chi connectivity index (χ0n) is 11.4. The first-order chi connectivity index (χ1) is 9.93. The van der Waals surface area contributed by atoms with Crippen LogP contribution in [0.4, 0.5) is 11.4 Å². The number of anilines is 1. The van der Waals surface area contributed by atoms with Crippen LogP contribution in [0.2, 0.25) is 0 Å². The summed E-state index contributed by atoms with van der Waals surface area (Å²) in [4.78, 5) is 22.0. The molecule has 0 fully saturated rings. The van der Waals surface area contributed by atoms with Gasteiger partial charge in [0.25, 0.3) is 5.91 Å². The second kappa shape index (κ2) is 5.61. The Morgan fingerprint density at radius 3 is 2.81 bits per heavy atom. The first-order valence-corrected chi connectivity index (χ1v) is 6.18. The van der Waals surface area contributed by atoms with Crippen LogP contribution in [0.1, 0.15) is 28.7 Å². The lowest BCUT2D eigenvalue weighted by atomic mass is 10.1. The third kappa shape index (κ3) is 2.83. The predicted octanol–water partition coefficient (Wildman–Crippen LogP) is 2.41. The van der Waals surface area contributed by atoms with Gasteiger partial charge in [-0.2, -0.15) is 0 Å². The van der Waals surface area contributed by atoms with Crippen LogP contribution in [0.5, 0.6) is 5.75 Å². The molecule has 0 aliphatic carbocycles. The van der Waals surface area contributed by atoms with Gasteiger partial charge in [-0.25, -0.2) is 0 Å². The van der Waals surface area contributed by atoms with E-state index in [1.54, 1.807) is 6.92 Å². The fraction of sp³-hybridized carbons (Fsp3) is 0.231. The van der Waals surface area contributed by atoms with E-state index in [-0.39, 0.29) is 5.56 Å². The highest BCUT2D eigenvalue weighted by Crippen LogP contribution is 2.27. The number of nitro benzene ring substituents is 1. The van der Waals surface area contributed by atoms with Gasteiger partial charge in [0, 0.05) is 18.1 Å². The minimum Gasteiger partial charge on any atom is -0.502 e. The van der Waals surface area contributed by atoms with E-state index in [1.807, 2.05) is 6.92 Å². The molecule has 2 rings (SSSR count). The van der Waals surface area contributed by atoms with E-state index in [0.717, 1.165) is 12.1 Å². The Balaban J connectivity index is 2.27. The van der Waals surface area contributed by atoms with Crippen molar-refractivity contribution in [2.24, 2.45) is 0 Å². The van der Waals surface area contributed by atoms with E-state index >= 15 is 0 Å². The highest BCUT2D eigenvalue weighted by Gasteiger charge is 2.19. The van der Waals surface area contributed by atoms with E-state index in [1.165, 1.54) is 6.07 Å². The van der Waals surface area contributed by atoms with E-state index in [9.17, 15) is 20.0 Å². The number of hydrogen-bond donors (Lipinski definition) is 2. The largest absolute Gasteiger partial charge is 0.502 e. The van der Waals surface area contributed by atoms with Gasteiger partial charge in [-0.05, 0) is 19.1 Å². The summed E-state index contributed by atoms with van der Waals surface area (Å²) in [5.74, 6) is -0.543. The highest BCUT2D eigenvalue weighted by molar-refractivity contribution is 6.05. The number of nitrogens with zero attached hydrogens (tertiary/aromatic N) is 2. The van der Waals surface area contributed by atoms with Gasteiger partial charge < -0.3 is 14.9 Å². The monoisotopic (exact) mass is 291 g/mol. The highest BCUT2D eigenvalue weighted by atomic mass is 16.6. The molecule has 0 saturated carbocycles. The number of aryl methyl sites for hydroxylation is 2. The van der Waals surface area contributed by atoms with Gasteiger partial charge in [-0.3, -0.25) is 14.9 Å². The molecule has 0 atom stereocenters. The van der Waals surface area contributed by atoms with Crippen LogP contribution in [-0.2, 0) is 6.42 Å². The Kier molecular flexibility index (Phi) is 3.88. The lowest BCUT2D eigenvalue weighted by Gasteiger charge is -2.05. The number of amides is 1. The third-order valence-corrected chi connectivity index (χ3v) is 2.93. The Labute approximate surface area is 119 Å². The summed E-state index contributed by atoms with van der Waals surface area (Å²) < 4.78 is 5.05. The van der Waals surface area contributed by atoms with Crippen molar-refractivity contribution in [2.45, 2.75) is 20.3 Å². The molecule has 110 valence electrons. The van der Waals surface area contributed by atoms with Gasteiger partial charge in [0.15, 0.2) is 11.5 Å². The molecule has 1 aromatic carbocycles. The molecule has 0 bridgehead atoms. The zero-order valence-corrected chi connectivity index (χ0v) is 11.4. The van der Waals surface area contributed by atoms with Crippen molar-refractivity contribution in [3.63, 3.8) is 0 Å². The summed E-state index contributed by atoms with van der Waals surface area (Å²) in [5, 5.41) is 26.5. The maximum Gasteiger partial charge on any atom is 0.310 e. The summed E-state index contributed by atoms with van der Waals surface area (Å²) in [5.41, 5.74) is 0.648. The fourth-order valence-corrected chi connectivity index (χ4v) is 1.82. The van der Waals surface area contributed by atoms with Crippen molar-refractivity contribution in [1.29, 1.82) is 0 Å². The normalized spacial score (nSPS) is 10.4. The molecule has 2 aromatic rings. The molecule has 8 heteroatoms. The molecule has 0 aliphatic rings. The number of hydrogen-bond acceptors (Lipinski definition) is 6. The molecular formula is C13H13N3O5. The van der Waals surface area contributed by atoms with Crippen LogP contribution in [0.3, 0.4) is 0 Å². The minimum atomic E-state index is -0.726. The fourth-order valence-electron chi connectivity index (χ4n) is 1.82. The van der Waals surface area contributed by atoms with Crippen molar-refractivity contribution in [3.05, 3.63) is 45.3 Å². The molecule has 1 amide bonds. The van der Waals surface area contributed by atoms with Crippen LogP contribution < -0.4 is 5.32 Å². The SMILES string of the molecule is CCc1onc(C)c1NC(=O)c1ccc([N+](=O)[O-])c(O)c1. The first kappa shape index (κ1) is 14.5. The van der Waals surface area contributed by atoms with Crippen LogP contribution in [-0.4, -0.2) is 21.1 Å². The maximum atomic E-state index is 12.1. The second-order valence-electron chi connectivity index (χ2n) is 4.33. The molecule has 0 spiro atoms. The number of rotatable bonds is 4. The number of benzene rings is 1. The quantitative estimate of drug-likeness (QED) is 0.659. The van der Waals surface area contributed by atoms with Crippen molar-refractivity contribution in [3.8, 4) is 5.75 Å². The summed E-state index contributed by atoms with van der Waals surface area (Å²) in [6.07, 6.45) is 0.558. The van der Waals surface area contributed by atoms with Crippen molar-refractivity contribution in [1.82, 2.24) is 5.16 Å². The van der Waals surface area contributed by atoms with Crippen LogP contribution in [0.15, 0.2) is 22.7 Å². The van der Waals surface area contributed by atoms with Crippen molar-refractivity contribution >= 4 is 17.3 Å². The van der Waals surface area contributed by atoms with Gasteiger partial charge in [0.2, 0.25) is 0 Å². The average molecular weight is 291 g/mol. The van der Waals surface area contributed by atoms with E-state index in [2.05, 4.69) is 10.5 Å². The zero-order chi connectivity index (χ0) is 15.6.